The first kappa shape index (κ1) is 31.7. The molecule has 0 fully saturated rings. The zero-order chi connectivity index (χ0) is 33.3. The summed E-state index contributed by atoms with van der Waals surface area (Å²) in [6.45, 7) is 6.64. The molecule has 0 saturated heterocycles. The second-order valence-electron chi connectivity index (χ2n) is 13.5. The maximum atomic E-state index is 11.0. The third-order valence-electron chi connectivity index (χ3n) is 9.43. The van der Waals surface area contributed by atoms with Crippen LogP contribution in [-0.2, 0) is 26.5 Å². The summed E-state index contributed by atoms with van der Waals surface area (Å²) in [4.78, 5) is 10.1. The molecule has 6 heteroatoms. The molecule has 0 aliphatic heterocycles. The summed E-state index contributed by atoms with van der Waals surface area (Å²) in [6, 6.07) is 46.5. The van der Waals surface area contributed by atoms with E-state index in [2.05, 4.69) is 110 Å². The molecule has 6 aromatic carbocycles. The van der Waals surface area contributed by atoms with Crippen molar-refractivity contribution < 1.29 is 30.6 Å². The molecule has 0 radical (unpaired) electrons. The minimum absolute atomic E-state index is 0. The second-order valence-corrected chi connectivity index (χ2v) is 13.5. The van der Waals surface area contributed by atoms with Crippen molar-refractivity contribution >= 4 is 43.9 Å². The quantitative estimate of drug-likeness (QED) is 0.180. The molecule has 0 aliphatic rings. The Morgan fingerprint density at radius 1 is 0.660 bits per heavy atom. The van der Waals surface area contributed by atoms with Gasteiger partial charge < -0.3 is 9.52 Å². The van der Waals surface area contributed by atoms with Gasteiger partial charge in [0.1, 0.15) is 22.7 Å². The molecular formula is C44H32N3O2Pt-. The molecule has 50 heavy (non-hydrogen) atoms. The van der Waals surface area contributed by atoms with Gasteiger partial charge in [-0.05, 0) is 59.5 Å². The van der Waals surface area contributed by atoms with Crippen LogP contribution in [0.2, 0.25) is 0 Å². The smallest absolute Gasteiger partial charge is 0.148 e. The zero-order valence-corrected chi connectivity index (χ0v) is 30.0. The van der Waals surface area contributed by atoms with E-state index in [1.54, 1.807) is 6.07 Å². The third-order valence-corrected chi connectivity index (χ3v) is 9.43. The molecule has 0 amide bonds. The number of aromatic hydroxyl groups is 1. The molecule has 0 unspecified atom stereocenters. The van der Waals surface area contributed by atoms with E-state index in [-0.39, 0.29) is 32.2 Å². The van der Waals surface area contributed by atoms with Crippen LogP contribution < -0.4 is 0 Å². The molecule has 0 aliphatic carbocycles. The van der Waals surface area contributed by atoms with Crippen molar-refractivity contribution in [2.24, 2.45) is 0 Å². The van der Waals surface area contributed by atoms with Crippen LogP contribution in [0, 0.1) is 6.07 Å². The number of hydrogen-bond acceptors (Lipinski definition) is 4. The van der Waals surface area contributed by atoms with Crippen molar-refractivity contribution in [3.05, 3.63) is 145 Å². The van der Waals surface area contributed by atoms with Crippen LogP contribution in [0.15, 0.2) is 138 Å². The number of furan rings is 1. The summed E-state index contributed by atoms with van der Waals surface area (Å²) in [5, 5.41) is 14.2. The largest absolute Gasteiger partial charge is 0.507 e. The molecule has 9 aromatic rings. The Labute approximate surface area is 304 Å². The van der Waals surface area contributed by atoms with Crippen molar-refractivity contribution in [2.45, 2.75) is 26.2 Å². The topological polar surface area (TPSA) is 64.1 Å². The number of hydrogen-bond donors (Lipinski definition) is 1. The number of fused-ring (bicyclic) bond motifs is 6. The first-order valence-corrected chi connectivity index (χ1v) is 16.5. The molecule has 0 spiro atoms. The van der Waals surface area contributed by atoms with Crippen LogP contribution in [0.3, 0.4) is 0 Å². The number of para-hydroxylation sites is 3. The Morgan fingerprint density at radius 3 is 2.16 bits per heavy atom. The summed E-state index contributed by atoms with van der Waals surface area (Å²) < 4.78 is 8.49. The van der Waals surface area contributed by atoms with E-state index < -0.39 is 0 Å². The second kappa shape index (κ2) is 12.1. The van der Waals surface area contributed by atoms with E-state index in [4.69, 9.17) is 14.4 Å². The number of nitrogens with zero attached hydrogens (tertiary/aromatic N) is 3. The van der Waals surface area contributed by atoms with Gasteiger partial charge in [-0.15, -0.1) is 35.4 Å². The number of benzene rings is 6. The van der Waals surface area contributed by atoms with E-state index in [1.807, 2.05) is 48.7 Å². The normalized spacial score (nSPS) is 11.8. The molecule has 3 heterocycles. The molecule has 246 valence electrons. The number of phenols is 1. The van der Waals surface area contributed by atoms with Crippen LogP contribution in [0.1, 0.15) is 26.3 Å². The van der Waals surface area contributed by atoms with Gasteiger partial charge in [0.15, 0.2) is 0 Å². The zero-order valence-electron chi connectivity index (χ0n) is 27.7. The van der Waals surface area contributed by atoms with Crippen molar-refractivity contribution in [1.82, 2.24) is 14.5 Å². The van der Waals surface area contributed by atoms with Crippen LogP contribution in [0.5, 0.6) is 5.75 Å². The molecule has 3 aromatic heterocycles. The predicted molar refractivity (Wildman–Crippen MR) is 199 cm³/mol. The Hall–Kier alpha value is -5.51. The van der Waals surface area contributed by atoms with Crippen LogP contribution in [0.4, 0.5) is 0 Å². The van der Waals surface area contributed by atoms with Gasteiger partial charge in [0.25, 0.3) is 0 Å². The molecule has 0 atom stereocenters. The fourth-order valence-corrected chi connectivity index (χ4v) is 6.99. The Balaban J connectivity index is 0.00000361. The van der Waals surface area contributed by atoms with Gasteiger partial charge in [0.05, 0.1) is 16.6 Å². The fraction of sp³-hybridized carbons (Fsp3) is 0.0909. The number of aromatic nitrogens is 3. The maximum absolute atomic E-state index is 11.0. The number of rotatable bonds is 4. The van der Waals surface area contributed by atoms with Crippen LogP contribution in [-0.4, -0.2) is 19.6 Å². The van der Waals surface area contributed by atoms with Gasteiger partial charge in [-0.1, -0.05) is 92.6 Å². The van der Waals surface area contributed by atoms with Crippen LogP contribution in [0.25, 0.3) is 83.2 Å². The molecular weight excluding hydrogens is 798 g/mol. The molecule has 9 rings (SSSR count). The van der Waals surface area contributed by atoms with Gasteiger partial charge >= 0.3 is 0 Å². The van der Waals surface area contributed by atoms with E-state index in [1.165, 1.54) is 5.56 Å². The van der Waals surface area contributed by atoms with E-state index >= 15 is 0 Å². The molecule has 5 nitrogen and oxygen atoms in total. The van der Waals surface area contributed by atoms with Gasteiger partial charge in [0, 0.05) is 54.6 Å². The summed E-state index contributed by atoms with van der Waals surface area (Å²) in [6.07, 6.45) is 1.84. The average Bonchev–Trinajstić information content (AvgIpc) is 3.70. The van der Waals surface area contributed by atoms with Crippen molar-refractivity contribution in [3.63, 3.8) is 0 Å². The van der Waals surface area contributed by atoms with Crippen molar-refractivity contribution in [3.8, 4) is 45.1 Å². The van der Waals surface area contributed by atoms with Gasteiger partial charge in [0.2, 0.25) is 0 Å². The van der Waals surface area contributed by atoms with Gasteiger partial charge in [-0.3, -0.25) is 9.55 Å². The van der Waals surface area contributed by atoms with E-state index in [0.29, 0.717) is 11.4 Å². The first-order chi connectivity index (χ1) is 23.8. The maximum Gasteiger partial charge on any atom is 0.148 e. The summed E-state index contributed by atoms with van der Waals surface area (Å²) in [7, 11) is 0. The third kappa shape index (κ3) is 5.12. The van der Waals surface area contributed by atoms with E-state index in [9.17, 15) is 5.11 Å². The van der Waals surface area contributed by atoms with Gasteiger partial charge in [-0.2, -0.15) is 0 Å². The number of phenolic OH excluding ortho intramolecular Hbond substituents is 1. The molecule has 1 N–H and O–H groups in total. The number of pyridine rings is 1. The Morgan fingerprint density at radius 2 is 1.36 bits per heavy atom. The average molecular weight is 830 g/mol. The summed E-state index contributed by atoms with van der Waals surface area (Å²) in [5.74, 6) is 0.853. The Kier molecular flexibility index (Phi) is 7.69. The standard InChI is InChI=1S/C44H32N3O2.Pt/c1-44(2,3)29-20-22-30(23-21-29)47-36-17-9-15-31(42(36)46-43(47)32-13-4-6-18-37(32)48)27-11-8-12-28(25-27)35-26-39-40(34-16-10-24-45-41(34)35)33-14-5-7-19-38(33)49-39;/h4-24,26,48H,1-3H3;/q-1;. The first-order valence-electron chi connectivity index (χ1n) is 16.5. The van der Waals surface area contributed by atoms with E-state index in [0.717, 1.165) is 71.8 Å². The SMILES string of the molecule is CC(C)(C)c1ccc(-n2c(-c3ccccc3O)nc3c(-c4[c-]c(-c5cc6oc7ccccc7c6c6cccnc56)ccc4)cccc32)cc1.[Pt]. The predicted octanol–water partition coefficient (Wildman–Crippen LogP) is 11.3. The fourth-order valence-electron chi connectivity index (χ4n) is 6.99. The molecule has 0 saturated carbocycles. The molecule has 0 bridgehead atoms. The number of imidazole rings is 1. The summed E-state index contributed by atoms with van der Waals surface area (Å²) >= 11 is 0. The van der Waals surface area contributed by atoms with Crippen molar-refractivity contribution in [1.29, 1.82) is 0 Å². The monoisotopic (exact) mass is 829 g/mol. The van der Waals surface area contributed by atoms with Crippen LogP contribution >= 0.6 is 0 Å². The minimum Gasteiger partial charge on any atom is -0.507 e. The minimum atomic E-state index is 0. The Bertz CT molecular complexity index is 2720. The summed E-state index contributed by atoms with van der Waals surface area (Å²) in [5.41, 5.74) is 11.0. The van der Waals surface area contributed by atoms with Gasteiger partial charge in [-0.25, -0.2) is 4.98 Å². The van der Waals surface area contributed by atoms with Crippen molar-refractivity contribution in [2.75, 3.05) is 0 Å².